The summed E-state index contributed by atoms with van der Waals surface area (Å²) >= 11 is 0. The number of ether oxygens (including phenoxy) is 3. The van der Waals surface area contributed by atoms with Crippen LogP contribution in [0.15, 0.2) is 71.9 Å². The van der Waals surface area contributed by atoms with Crippen LogP contribution < -0.4 is 9.47 Å². The molecule has 0 spiro atoms. The Morgan fingerprint density at radius 2 is 1.96 bits per heavy atom. The summed E-state index contributed by atoms with van der Waals surface area (Å²) in [6.07, 6.45) is 3.26. The monoisotopic (exact) mass is 335 g/mol. The van der Waals surface area contributed by atoms with Gasteiger partial charge in [0.25, 0.3) is 0 Å². The van der Waals surface area contributed by atoms with Crippen LogP contribution in [0.2, 0.25) is 0 Å². The van der Waals surface area contributed by atoms with Crippen molar-refractivity contribution in [3.63, 3.8) is 0 Å². The number of para-hydroxylation sites is 1. The second kappa shape index (κ2) is 7.49. The predicted octanol–water partition coefficient (Wildman–Crippen LogP) is 3.60. The molecule has 1 heterocycles. The molecule has 2 aromatic rings. The van der Waals surface area contributed by atoms with Crippen molar-refractivity contribution in [2.24, 2.45) is 4.99 Å². The molecule has 25 heavy (non-hydrogen) atoms. The van der Waals surface area contributed by atoms with Gasteiger partial charge in [0, 0.05) is 11.1 Å². The van der Waals surface area contributed by atoms with Gasteiger partial charge in [0.15, 0.2) is 17.2 Å². The molecule has 0 unspecified atom stereocenters. The molecule has 0 aromatic heterocycles. The van der Waals surface area contributed by atoms with E-state index < -0.39 is 5.97 Å². The molecule has 0 fully saturated rings. The van der Waals surface area contributed by atoms with Gasteiger partial charge in [-0.2, -0.15) is 0 Å². The van der Waals surface area contributed by atoms with E-state index in [-0.39, 0.29) is 11.6 Å². The van der Waals surface area contributed by atoms with E-state index in [0.717, 1.165) is 5.56 Å². The number of methoxy groups -OCH3 is 1. The fourth-order valence-corrected chi connectivity index (χ4v) is 2.36. The molecule has 0 saturated heterocycles. The second-order valence-corrected chi connectivity index (χ2v) is 5.18. The Morgan fingerprint density at radius 1 is 1.16 bits per heavy atom. The lowest BCUT2D eigenvalue weighted by atomic mass is 10.1. The van der Waals surface area contributed by atoms with Crippen LogP contribution in [0.5, 0.6) is 11.5 Å². The Hall–Kier alpha value is -3.34. The minimum Gasteiger partial charge on any atom is -0.493 e. The van der Waals surface area contributed by atoms with Gasteiger partial charge in [-0.3, -0.25) is 0 Å². The average molecular weight is 335 g/mol. The van der Waals surface area contributed by atoms with Crippen LogP contribution in [-0.2, 0) is 9.53 Å². The summed E-state index contributed by atoms with van der Waals surface area (Å²) < 4.78 is 16.3. The van der Waals surface area contributed by atoms with E-state index in [1.165, 1.54) is 0 Å². The highest BCUT2D eigenvalue weighted by Gasteiger charge is 2.24. The SMILES string of the molecule is C=CCOc1c(/C=C2\N=C(c3ccccc3)OC2=O)cccc1OC. The summed E-state index contributed by atoms with van der Waals surface area (Å²) in [4.78, 5) is 16.4. The zero-order chi connectivity index (χ0) is 17.6. The standard InChI is InChI=1S/C20H17NO4/c1-3-12-24-18-15(10-7-11-17(18)23-2)13-16-20(22)25-19(21-16)14-8-5-4-6-9-14/h3-11,13H,1,12H2,2H3/b16-13-. The van der Waals surface area contributed by atoms with Gasteiger partial charge in [0.05, 0.1) is 7.11 Å². The van der Waals surface area contributed by atoms with Gasteiger partial charge in [0.1, 0.15) is 6.61 Å². The van der Waals surface area contributed by atoms with Crippen molar-refractivity contribution >= 4 is 17.9 Å². The molecule has 1 aliphatic rings. The molecule has 3 rings (SSSR count). The molecule has 0 N–H and O–H groups in total. The third kappa shape index (κ3) is 3.61. The van der Waals surface area contributed by atoms with Crippen LogP contribution in [0.4, 0.5) is 0 Å². The number of carbonyl (C=O) groups is 1. The van der Waals surface area contributed by atoms with E-state index >= 15 is 0 Å². The predicted molar refractivity (Wildman–Crippen MR) is 95.7 cm³/mol. The molecule has 0 radical (unpaired) electrons. The highest BCUT2D eigenvalue weighted by molar-refractivity contribution is 6.12. The smallest absolute Gasteiger partial charge is 0.363 e. The van der Waals surface area contributed by atoms with Crippen LogP contribution in [0.25, 0.3) is 6.08 Å². The number of rotatable bonds is 6. The van der Waals surface area contributed by atoms with Gasteiger partial charge < -0.3 is 14.2 Å². The molecule has 0 amide bonds. The molecule has 0 bridgehead atoms. The lowest BCUT2D eigenvalue weighted by Gasteiger charge is -2.12. The van der Waals surface area contributed by atoms with E-state index in [1.807, 2.05) is 42.5 Å². The molecule has 1 aliphatic heterocycles. The molecule has 2 aromatic carbocycles. The maximum Gasteiger partial charge on any atom is 0.363 e. The maximum atomic E-state index is 12.1. The number of aliphatic imine (C=N–C) groups is 1. The Morgan fingerprint density at radius 3 is 2.68 bits per heavy atom. The van der Waals surface area contributed by atoms with Crippen LogP contribution in [-0.4, -0.2) is 25.6 Å². The quantitative estimate of drug-likeness (QED) is 0.460. The van der Waals surface area contributed by atoms with Crippen molar-refractivity contribution in [3.05, 3.63) is 78.0 Å². The minimum absolute atomic E-state index is 0.204. The Kier molecular flexibility index (Phi) is 4.95. The third-order valence-electron chi connectivity index (χ3n) is 3.51. The number of nitrogens with zero attached hydrogens (tertiary/aromatic N) is 1. The molecule has 0 atom stereocenters. The van der Waals surface area contributed by atoms with E-state index in [4.69, 9.17) is 14.2 Å². The van der Waals surface area contributed by atoms with E-state index in [1.54, 1.807) is 25.3 Å². The Bertz CT molecular complexity index is 853. The van der Waals surface area contributed by atoms with Crippen molar-refractivity contribution in [2.45, 2.75) is 0 Å². The normalized spacial score (nSPS) is 14.8. The number of esters is 1. The number of carbonyl (C=O) groups excluding carboxylic acids is 1. The maximum absolute atomic E-state index is 12.1. The summed E-state index contributed by atoms with van der Waals surface area (Å²) in [5, 5.41) is 0. The summed E-state index contributed by atoms with van der Waals surface area (Å²) in [5.41, 5.74) is 1.62. The van der Waals surface area contributed by atoms with Crippen molar-refractivity contribution in [1.82, 2.24) is 0 Å². The lowest BCUT2D eigenvalue weighted by Crippen LogP contribution is -2.05. The van der Waals surface area contributed by atoms with Gasteiger partial charge in [-0.1, -0.05) is 43.0 Å². The number of hydrogen-bond acceptors (Lipinski definition) is 5. The lowest BCUT2D eigenvalue weighted by molar-refractivity contribution is -0.129. The van der Waals surface area contributed by atoms with Gasteiger partial charge in [0.2, 0.25) is 5.90 Å². The first-order chi connectivity index (χ1) is 12.2. The average Bonchev–Trinajstić information content (AvgIpc) is 3.02. The third-order valence-corrected chi connectivity index (χ3v) is 3.51. The van der Waals surface area contributed by atoms with Crippen molar-refractivity contribution in [2.75, 3.05) is 13.7 Å². The van der Waals surface area contributed by atoms with Crippen LogP contribution in [0.1, 0.15) is 11.1 Å². The van der Waals surface area contributed by atoms with Gasteiger partial charge >= 0.3 is 5.97 Å². The molecular formula is C20H17NO4. The van der Waals surface area contributed by atoms with Crippen molar-refractivity contribution in [1.29, 1.82) is 0 Å². The first-order valence-corrected chi connectivity index (χ1v) is 7.71. The van der Waals surface area contributed by atoms with Crippen molar-refractivity contribution in [3.8, 4) is 11.5 Å². The number of hydrogen-bond donors (Lipinski definition) is 0. The van der Waals surface area contributed by atoms with Gasteiger partial charge in [-0.25, -0.2) is 9.79 Å². The first kappa shape index (κ1) is 16.5. The molecule has 5 heteroatoms. The minimum atomic E-state index is -0.503. The van der Waals surface area contributed by atoms with E-state index in [9.17, 15) is 4.79 Å². The fraction of sp³-hybridized carbons (Fsp3) is 0.100. The van der Waals surface area contributed by atoms with Crippen molar-refractivity contribution < 1.29 is 19.0 Å². The molecule has 0 saturated carbocycles. The summed E-state index contributed by atoms with van der Waals surface area (Å²) in [6, 6.07) is 14.7. The zero-order valence-electron chi connectivity index (χ0n) is 13.8. The highest BCUT2D eigenvalue weighted by Crippen LogP contribution is 2.33. The topological polar surface area (TPSA) is 57.1 Å². The number of cyclic esters (lactones) is 1. The van der Waals surface area contributed by atoms with Crippen LogP contribution in [0.3, 0.4) is 0 Å². The summed E-state index contributed by atoms with van der Waals surface area (Å²) in [7, 11) is 1.56. The highest BCUT2D eigenvalue weighted by atomic mass is 16.6. The zero-order valence-corrected chi connectivity index (χ0v) is 13.8. The van der Waals surface area contributed by atoms with E-state index in [0.29, 0.717) is 23.7 Å². The van der Waals surface area contributed by atoms with Gasteiger partial charge in [-0.15, -0.1) is 0 Å². The summed E-state index contributed by atoms with van der Waals surface area (Å²) in [5.74, 6) is 0.869. The first-order valence-electron chi connectivity index (χ1n) is 7.71. The second-order valence-electron chi connectivity index (χ2n) is 5.18. The molecule has 5 nitrogen and oxygen atoms in total. The Balaban J connectivity index is 1.98. The largest absolute Gasteiger partial charge is 0.493 e. The summed E-state index contributed by atoms with van der Waals surface area (Å²) in [6.45, 7) is 3.96. The van der Waals surface area contributed by atoms with Gasteiger partial charge in [-0.05, 0) is 24.3 Å². The fourth-order valence-electron chi connectivity index (χ4n) is 2.36. The van der Waals surface area contributed by atoms with Crippen LogP contribution in [0, 0.1) is 0 Å². The molecular weight excluding hydrogens is 318 g/mol. The number of benzene rings is 2. The molecule has 0 aliphatic carbocycles. The van der Waals surface area contributed by atoms with E-state index in [2.05, 4.69) is 11.6 Å². The van der Waals surface area contributed by atoms with Crippen LogP contribution >= 0.6 is 0 Å². The Labute approximate surface area is 145 Å². The molecule has 126 valence electrons.